The van der Waals surface area contributed by atoms with Crippen molar-refractivity contribution >= 4 is 0 Å². The van der Waals surface area contributed by atoms with Crippen LogP contribution in [-0.4, -0.2) is 36.1 Å². The monoisotopic (exact) mass is 247 g/mol. The van der Waals surface area contributed by atoms with E-state index in [0.29, 0.717) is 6.04 Å². The molecule has 0 aliphatic carbocycles. The molecule has 0 saturated carbocycles. The first-order valence-electron chi connectivity index (χ1n) is 7.15. The molecule has 2 heterocycles. The molecule has 0 amide bonds. The number of hydrogen-bond acceptors (Lipinski definition) is 3. The number of aromatic nitrogens is 1. The van der Waals surface area contributed by atoms with Gasteiger partial charge >= 0.3 is 0 Å². The summed E-state index contributed by atoms with van der Waals surface area (Å²) >= 11 is 0. The van der Waals surface area contributed by atoms with Crippen LogP contribution in [0.2, 0.25) is 0 Å². The number of nitrogens with one attached hydrogen (secondary N) is 1. The van der Waals surface area contributed by atoms with Crippen LogP contribution in [0, 0.1) is 5.92 Å². The van der Waals surface area contributed by atoms with Crippen molar-refractivity contribution < 1.29 is 0 Å². The summed E-state index contributed by atoms with van der Waals surface area (Å²) in [4.78, 5) is 6.72. The van der Waals surface area contributed by atoms with Crippen LogP contribution >= 0.6 is 0 Å². The molecule has 1 atom stereocenters. The smallest absolute Gasteiger partial charge is 0.0315 e. The van der Waals surface area contributed by atoms with Crippen LogP contribution < -0.4 is 5.32 Å². The van der Waals surface area contributed by atoms with Crippen LogP contribution in [-0.2, 0) is 0 Å². The first-order chi connectivity index (χ1) is 8.79. The van der Waals surface area contributed by atoms with Crippen molar-refractivity contribution in [1.82, 2.24) is 15.2 Å². The third-order valence-corrected chi connectivity index (χ3v) is 4.05. The van der Waals surface area contributed by atoms with Crippen molar-refractivity contribution in [2.45, 2.75) is 32.7 Å². The van der Waals surface area contributed by atoms with Gasteiger partial charge < -0.3 is 10.2 Å². The van der Waals surface area contributed by atoms with Gasteiger partial charge in [0.2, 0.25) is 0 Å². The second-order valence-electron chi connectivity index (χ2n) is 5.29. The average molecular weight is 247 g/mol. The summed E-state index contributed by atoms with van der Waals surface area (Å²) in [6.07, 6.45) is 6.45. The van der Waals surface area contributed by atoms with E-state index in [-0.39, 0.29) is 0 Å². The molecule has 18 heavy (non-hydrogen) atoms. The van der Waals surface area contributed by atoms with Crippen LogP contribution in [0.3, 0.4) is 0 Å². The predicted octanol–water partition coefficient (Wildman–Crippen LogP) is 2.46. The molecule has 0 aromatic carbocycles. The van der Waals surface area contributed by atoms with Gasteiger partial charge in [-0.1, -0.05) is 13.0 Å². The van der Waals surface area contributed by atoms with Gasteiger partial charge in [0.05, 0.1) is 0 Å². The Kier molecular flexibility index (Phi) is 5.14. The summed E-state index contributed by atoms with van der Waals surface area (Å²) in [6.45, 7) is 9.34. The van der Waals surface area contributed by atoms with Gasteiger partial charge in [0, 0.05) is 18.4 Å². The highest BCUT2D eigenvalue weighted by Crippen LogP contribution is 2.17. The average Bonchev–Trinajstić information content (AvgIpc) is 2.46. The molecule has 1 aromatic heterocycles. The zero-order valence-electron chi connectivity index (χ0n) is 11.6. The van der Waals surface area contributed by atoms with Crippen LogP contribution in [0.15, 0.2) is 24.5 Å². The molecule has 100 valence electrons. The molecule has 1 N–H and O–H groups in total. The quantitative estimate of drug-likeness (QED) is 0.866. The highest BCUT2D eigenvalue weighted by molar-refractivity contribution is 5.12. The number of piperidine rings is 1. The summed E-state index contributed by atoms with van der Waals surface area (Å²) in [6, 6.07) is 4.56. The Hall–Kier alpha value is -0.930. The number of rotatable bonds is 5. The third-order valence-electron chi connectivity index (χ3n) is 4.05. The van der Waals surface area contributed by atoms with E-state index in [1.807, 2.05) is 18.5 Å². The van der Waals surface area contributed by atoms with Crippen molar-refractivity contribution in [1.29, 1.82) is 0 Å². The summed E-state index contributed by atoms with van der Waals surface area (Å²) in [5.74, 6) is 0.840. The molecular formula is C15H25N3. The van der Waals surface area contributed by atoms with E-state index >= 15 is 0 Å². The lowest BCUT2D eigenvalue weighted by atomic mass is 9.96. The molecule has 3 heteroatoms. The number of likely N-dealkylation sites (tertiary alicyclic amines) is 1. The van der Waals surface area contributed by atoms with E-state index in [2.05, 4.69) is 35.1 Å². The fourth-order valence-electron chi connectivity index (χ4n) is 2.60. The van der Waals surface area contributed by atoms with Gasteiger partial charge in [-0.25, -0.2) is 0 Å². The zero-order valence-corrected chi connectivity index (χ0v) is 11.6. The Balaban J connectivity index is 1.72. The molecule has 1 saturated heterocycles. The van der Waals surface area contributed by atoms with Crippen molar-refractivity contribution in [2.24, 2.45) is 5.92 Å². The minimum atomic E-state index is 0.405. The maximum absolute atomic E-state index is 4.17. The van der Waals surface area contributed by atoms with Gasteiger partial charge in [0.25, 0.3) is 0 Å². The molecule has 1 aromatic rings. The molecule has 1 aliphatic heterocycles. The Labute approximate surface area is 111 Å². The molecular weight excluding hydrogens is 222 g/mol. The molecule has 1 fully saturated rings. The molecule has 3 nitrogen and oxygen atoms in total. The largest absolute Gasteiger partial charge is 0.310 e. The molecule has 1 unspecified atom stereocenters. The summed E-state index contributed by atoms with van der Waals surface area (Å²) in [5, 5.41) is 3.64. The van der Waals surface area contributed by atoms with Crippen molar-refractivity contribution in [2.75, 3.05) is 26.2 Å². The second kappa shape index (κ2) is 6.86. The first-order valence-corrected chi connectivity index (χ1v) is 7.15. The SMILES string of the molecule is CCN1CCC(CNC(C)c2cccnc2)CC1. The van der Waals surface area contributed by atoms with E-state index in [1.165, 1.54) is 38.0 Å². The third kappa shape index (κ3) is 3.79. The standard InChI is InChI=1S/C15H25N3/c1-3-18-9-6-14(7-10-18)11-17-13(2)15-5-4-8-16-12-15/h4-5,8,12-14,17H,3,6-7,9-11H2,1-2H3. The first kappa shape index (κ1) is 13.5. The van der Waals surface area contributed by atoms with E-state index in [9.17, 15) is 0 Å². The highest BCUT2D eigenvalue weighted by Gasteiger charge is 2.18. The van der Waals surface area contributed by atoms with Gasteiger partial charge in [0.15, 0.2) is 0 Å². The van der Waals surface area contributed by atoms with E-state index in [4.69, 9.17) is 0 Å². The van der Waals surface area contributed by atoms with Crippen molar-refractivity contribution in [3.63, 3.8) is 0 Å². The summed E-state index contributed by atoms with van der Waals surface area (Å²) < 4.78 is 0. The van der Waals surface area contributed by atoms with E-state index in [0.717, 1.165) is 12.5 Å². The maximum atomic E-state index is 4.17. The molecule has 0 radical (unpaired) electrons. The fourth-order valence-corrected chi connectivity index (χ4v) is 2.60. The zero-order chi connectivity index (χ0) is 12.8. The Morgan fingerprint density at radius 3 is 2.83 bits per heavy atom. The van der Waals surface area contributed by atoms with E-state index in [1.54, 1.807) is 0 Å². The highest BCUT2D eigenvalue weighted by atomic mass is 15.1. The van der Waals surface area contributed by atoms with Gasteiger partial charge in [-0.05, 0) is 63.5 Å². The lowest BCUT2D eigenvalue weighted by Gasteiger charge is -2.31. The Bertz CT molecular complexity index is 331. The molecule has 0 bridgehead atoms. The maximum Gasteiger partial charge on any atom is 0.0315 e. The van der Waals surface area contributed by atoms with Crippen LogP contribution in [0.25, 0.3) is 0 Å². The lowest BCUT2D eigenvalue weighted by Crippen LogP contribution is -2.37. The van der Waals surface area contributed by atoms with Crippen molar-refractivity contribution in [3.8, 4) is 0 Å². The topological polar surface area (TPSA) is 28.2 Å². The predicted molar refractivity (Wildman–Crippen MR) is 75.5 cm³/mol. The van der Waals surface area contributed by atoms with Crippen LogP contribution in [0.4, 0.5) is 0 Å². The number of pyridine rings is 1. The van der Waals surface area contributed by atoms with E-state index < -0.39 is 0 Å². The number of nitrogens with zero attached hydrogens (tertiary/aromatic N) is 2. The molecule has 1 aliphatic rings. The minimum absolute atomic E-state index is 0.405. The van der Waals surface area contributed by atoms with Gasteiger partial charge in [-0.3, -0.25) is 4.98 Å². The van der Waals surface area contributed by atoms with Crippen LogP contribution in [0.1, 0.15) is 38.3 Å². The minimum Gasteiger partial charge on any atom is -0.310 e. The molecule has 2 rings (SSSR count). The van der Waals surface area contributed by atoms with Gasteiger partial charge in [-0.15, -0.1) is 0 Å². The Morgan fingerprint density at radius 1 is 1.44 bits per heavy atom. The fraction of sp³-hybridized carbons (Fsp3) is 0.667. The summed E-state index contributed by atoms with van der Waals surface area (Å²) in [7, 11) is 0. The summed E-state index contributed by atoms with van der Waals surface area (Å²) in [5.41, 5.74) is 1.28. The molecule has 0 spiro atoms. The second-order valence-corrected chi connectivity index (χ2v) is 5.29. The number of hydrogen-bond donors (Lipinski definition) is 1. The van der Waals surface area contributed by atoms with Gasteiger partial charge in [-0.2, -0.15) is 0 Å². The van der Waals surface area contributed by atoms with Gasteiger partial charge in [0.1, 0.15) is 0 Å². The van der Waals surface area contributed by atoms with Crippen molar-refractivity contribution in [3.05, 3.63) is 30.1 Å². The lowest BCUT2D eigenvalue weighted by molar-refractivity contribution is 0.188. The normalized spacial score (nSPS) is 19.9. The Morgan fingerprint density at radius 2 is 2.22 bits per heavy atom. The van der Waals surface area contributed by atoms with Crippen LogP contribution in [0.5, 0.6) is 0 Å².